The zero-order valence-corrected chi connectivity index (χ0v) is 14.3. The number of hydrogen-bond acceptors (Lipinski definition) is 2. The van der Waals surface area contributed by atoms with Crippen LogP contribution in [0.25, 0.3) is 0 Å². The van der Waals surface area contributed by atoms with Crippen molar-refractivity contribution in [2.24, 2.45) is 10.8 Å². The smallest absolute Gasteiger partial charge is 0.00448 e. The van der Waals surface area contributed by atoms with Crippen molar-refractivity contribution in [3.63, 3.8) is 0 Å². The van der Waals surface area contributed by atoms with Gasteiger partial charge in [-0.15, -0.1) is 0 Å². The fourth-order valence-electron chi connectivity index (χ4n) is 4.13. The summed E-state index contributed by atoms with van der Waals surface area (Å²) in [6, 6.07) is 0.598. The summed E-state index contributed by atoms with van der Waals surface area (Å²) in [5, 5.41) is 3.61. The molecule has 0 aromatic rings. The Morgan fingerprint density at radius 3 is 2.15 bits per heavy atom. The Hall–Kier alpha value is -0.0800. The highest BCUT2D eigenvalue weighted by atomic mass is 15.1. The van der Waals surface area contributed by atoms with Gasteiger partial charge in [0.15, 0.2) is 0 Å². The van der Waals surface area contributed by atoms with Crippen LogP contribution >= 0.6 is 0 Å². The van der Waals surface area contributed by atoms with Crippen LogP contribution in [0, 0.1) is 10.8 Å². The lowest BCUT2D eigenvalue weighted by molar-refractivity contribution is 0.0481. The predicted molar refractivity (Wildman–Crippen MR) is 88.1 cm³/mol. The van der Waals surface area contributed by atoms with Crippen LogP contribution in [0.15, 0.2) is 0 Å². The lowest BCUT2D eigenvalue weighted by Crippen LogP contribution is -2.47. The molecule has 1 aliphatic carbocycles. The summed E-state index contributed by atoms with van der Waals surface area (Å²) in [7, 11) is 0. The van der Waals surface area contributed by atoms with Crippen molar-refractivity contribution < 1.29 is 0 Å². The minimum atomic E-state index is 0.390. The normalized spacial score (nSPS) is 24.4. The van der Waals surface area contributed by atoms with Gasteiger partial charge in [0.2, 0.25) is 0 Å². The molecule has 1 heterocycles. The van der Waals surface area contributed by atoms with Crippen LogP contribution in [0.4, 0.5) is 0 Å². The molecular weight excluding hydrogens is 244 g/mol. The molecule has 0 amide bonds. The van der Waals surface area contributed by atoms with Gasteiger partial charge in [-0.2, -0.15) is 0 Å². The molecule has 1 N–H and O–H groups in total. The van der Waals surface area contributed by atoms with Crippen molar-refractivity contribution in [1.82, 2.24) is 10.2 Å². The molecule has 1 saturated carbocycles. The summed E-state index contributed by atoms with van der Waals surface area (Å²) in [6.45, 7) is 14.4. The van der Waals surface area contributed by atoms with E-state index in [1.165, 1.54) is 64.6 Å². The van der Waals surface area contributed by atoms with Crippen molar-refractivity contribution in [3.05, 3.63) is 0 Å². The highest BCUT2D eigenvalue weighted by Crippen LogP contribution is 2.44. The molecule has 1 saturated heterocycles. The Labute approximate surface area is 126 Å². The highest BCUT2D eigenvalue weighted by molar-refractivity contribution is 4.89. The van der Waals surface area contributed by atoms with Gasteiger partial charge in [-0.25, -0.2) is 0 Å². The minimum absolute atomic E-state index is 0.390. The van der Waals surface area contributed by atoms with Crippen molar-refractivity contribution in [2.75, 3.05) is 26.2 Å². The van der Waals surface area contributed by atoms with Crippen molar-refractivity contribution in [3.8, 4) is 0 Å². The molecule has 0 aromatic heterocycles. The predicted octanol–water partition coefficient (Wildman–Crippen LogP) is 4.06. The summed E-state index contributed by atoms with van der Waals surface area (Å²) in [5.74, 6) is 0. The molecule has 0 bridgehead atoms. The van der Waals surface area contributed by atoms with Crippen molar-refractivity contribution >= 4 is 0 Å². The number of nitrogens with zero attached hydrogens (tertiary/aromatic N) is 1. The molecule has 0 aromatic carbocycles. The van der Waals surface area contributed by atoms with Crippen molar-refractivity contribution in [1.29, 1.82) is 0 Å². The van der Waals surface area contributed by atoms with Crippen LogP contribution in [0.3, 0.4) is 0 Å². The molecule has 118 valence electrons. The van der Waals surface area contributed by atoms with E-state index < -0.39 is 0 Å². The fourth-order valence-corrected chi connectivity index (χ4v) is 4.13. The SMILES string of the molecule is CC(C)NCC(C)(C)CN1CCC2(CCCCC2)CC1. The average molecular weight is 280 g/mol. The molecule has 2 aliphatic rings. The van der Waals surface area contributed by atoms with E-state index in [9.17, 15) is 0 Å². The van der Waals surface area contributed by atoms with Gasteiger partial charge < -0.3 is 10.2 Å². The first-order chi connectivity index (χ1) is 9.41. The Morgan fingerprint density at radius 1 is 1.00 bits per heavy atom. The molecule has 2 heteroatoms. The van der Waals surface area contributed by atoms with E-state index in [4.69, 9.17) is 0 Å². The zero-order valence-electron chi connectivity index (χ0n) is 14.3. The second kappa shape index (κ2) is 6.79. The average Bonchev–Trinajstić information content (AvgIpc) is 2.41. The lowest BCUT2D eigenvalue weighted by Gasteiger charge is -2.46. The van der Waals surface area contributed by atoms with Crippen LogP contribution in [0.1, 0.15) is 72.6 Å². The van der Waals surface area contributed by atoms with Crippen LogP contribution in [-0.4, -0.2) is 37.1 Å². The van der Waals surface area contributed by atoms with Crippen LogP contribution < -0.4 is 5.32 Å². The minimum Gasteiger partial charge on any atom is -0.314 e. The van der Waals surface area contributed by atoms with E-state index >= 15 is 0 Å². The largest absolute Gasteiger partial charge is 0.314 e. The van der Waals surface area contributed by atoms with Gasteiger partial charge in [-0.3, -0.25) is 0 Å². The van der Waals surface area contributed by atoms with E-state index in [-0.39, 0.29) is 0 Å². The number of piperidine rings is 1. The van der Waals surface area contributed by atoms with E-state index in [0.29, 0.717) is 11.5 Å². The fraction of sp³-hybridized carbons (Fsp3) is 1.00. The quantitative estimate of drug-likeness (QED) is 0.817. The van der Waals surface area contributed by atoms with Crippen LogP contribution in [0.2, 0.25) is 0 Å². The van der Waals surface area contributed by atoms with Crippen LogP contribution in [-0.2, 0) is 0 Å². The van der Waals surface area contributed by atoms with E-state index in [0.717, 1.165) is 12.0 Å². The second-order valence-electron chi connectivity index (χ2n) is 8.54. The third kappa shape index (κ3) is 4.73. The molecule has 1 aliphatic heterocycles. The molecule has 20 heavy (non-hydrogen) atoms. The second-order valence-corrected chi connectivity index (χ2v) is 8.54. The van der Waals surface area contributed by atoms with E-state index in [2.05, 4.69) is 37.9 Å². The molecule has 0 radical (unpaired) electrons. The van der Waals surface area contributed by atoms with E-state index in [1.54, 1.807) is 0 Å². The Morgan fingerprint density at radius 2 is 1.60 bits per heavy atom. The molecule has 2 rings (SSSR count). The number of rotatable bonds is 5. The topological polar surface area (TPSA) is 15.3 Å². The summed E-state index contributed by atoms with van der Waals surface area (Å²) in [4.78, 5) is 2.72. The first-order valence-corrected chi connectivity index (χ1v) is 8.87. The summed E-state index contributed by atoms with van der Waals surface area (Å²) in [6.07, 6.45) is 10.4. The molecule has 0 atom stereocenters. The molecule has 0 unspecified atom stereocenters. The summed E-state index contributed by atoms with van der Waals surface area (Å²) in [5.41, 5.74) is 1.14. The van der Waals surface area contributed by atoms with Gasteiger partial charge in [0.1, 0.15) is 0 Å². The maximum Gasteiger partial charge on any atom is 0.00448 e. The summed E-state index contributed by atoms with van der Waals surface area (Å²) < 4.78 is 0. The maximum atomic E-state index is 3.61. The molecule has 2 nitrogen and oxygen atoms in total. The van der Waals surface area contributed by atoms with Gasteiger partial charge in [0.05, 0.1) is 0 Å². The van der Waals surface area contributed by atoms with Gasteiger partial charge >= 0.3 is 0 Å². The van der Waals surface area contributed by atoms with E-state index in [1.807, 2.05) is 0 Å². The third-order valence-corrected chi connectivity index (χ3v) is 5.47. The highest BCUT2D eigenvalue weighted by Gasteiger charge is 2.36. The monoisotopic (exact) mass is 280 g/mol. The first kappa shape index (κ1) is 16.3. The Balaban J connectivity index is 1.75. The summed E-state index contributed by atoms with van der Waals surface area (Å²) >= 11 is 0. The van der Waals surface area contributed by atoms with Gasteiger partial charge in [-0.1, -0.05) is 47.0 Å². The number of hydrogen-bond donors (Lipinski definition) is 1. The zero-order chi connectivity index (χ0) is 14.6. The molecule has 2 fully saturated rings. The van der Waals surface area contributed by atoms with Gasteiger partial charge in [0, 0.05) is 19.1 Å². The Kier molecular flexibility index (Phi) is 5.53. The first-order valence-electron chi connectivity index (χ1n) is 8.87. The Bertz CT molecular complexity index is 280. The standard InChI is InChI=1S/C18H36N2/c1-16(2)19-14-17(3,4)15-20-12-10-18(11-13-20)8-6-5-7-9-18/h16,19H,5-15H2,1-4H3. The van der Waals surface area contributed by atoms with Crippen LogP contribution in [0.5, 0.6) is 0 Å². The van der Waals surface area contributed by atoms with Crippen molar-refractivity contribution in [2.45, 2.75) is 78.7 Å². The maximum absolute atomic E-state index is 3.61. The van der Waals surface area contributed by atoms with Gasteiger partial charge in [0.25, 0.3) is 0 Å². The third-order valence-electron chi connectivity index (χ3n) is 5.47. The molecule has 1 spiro atoms. The number of nitrogens with one attached hydrogen (secondary N) is 1. The number of likely N-dealkylation sites (tertiary alicyclic amines) is 1. The van der Waals surface area contributed by atoms with Gasteiger partial charge in [-0.05, 0) is 49.6 Å². The molecular formula is C18H36N2. The lowest BCUT2D eigenvalue weighted by atomic mass is 9.68.